The van der Waals surface area contributed by atoms with Crippen LogP contribution in [-0.4, -0.2) is 118 Å². The summed E-state index contributed by atoms with van der Waals surface area (Å²) in [7, 11) is 2.34. The second-order valence-electron chi connectivity index (χ2n) is 16.0. The number of cyclic esters (lactones) is 1. The number of nitrogens with zero attached hydrogens (tertiary/aromatic N) is 2. The van der Waals surface area contributed by atoms with E-state index in [9.17, 15) is 24.9 Å². The highest BCUT2D eigenvalue weighted by atomic mass is 16.6. The first-order valence-corrected chi connectivity index (χ1v) is 18.9. The first-order valence-electron chi connectivity index (χ1n) is 18.9. The van der Waals surface area contributed by atoms with Crippen molar-refractivity contribution in [2.24, 2.45) is 17.8 Å². The van der Waals surface area contributed by atoms with Crippen LogP contribution in [0.25, 0.3) is 0 Å². The van der Waals surface area contributed by atoms with Crippen molar-refractivity contribution >= 4 is 12.1 Å². The number of hydrogen-bond donors (Lipinski definition) is 3. The van der Waals surface area contributed by atoms with E-state index in [-0.39, 0.29) is 55.3 Å². The minimum Gasteiger partial charge on any atom is -0.457 e. The van der Waals surface area contributed by atoms with Gasteiger partial charge in [0.2, 0.25) is 0 Å². The minimum atomic E-state index is -1.45. The Hall–Kier alpha value is -2.24. The monoisotopic (exact) mass is 689 g/mol. The molecule has 4 aliphatic rings. The highest BCUT2D eigenvalue weighted by molar-refractivity contribution is 5.70. The molecule has 0 aliphatic carbocycles. The number of ether oxygens (including phenoxy) is 3. The quantitative estimate of drug-likeness (QED) is 0.0928. The number of carbonyl (C=O) groups excluding carboxylic acids is 2. The van der Waals surface area contributed by atoms with Crippen LogP contribution in [0.5, 0.6) is 0 Å². The van der Waals surface area contributed by atoms with Crippen molar-refractivity contribution in [3.8, 4) is 0 Å². The van der Waals surface area contributed by atoms with E-state index in [1.54, 1.807) is 17.9 Å². The molecule has 0 radical (unpaired) electrons. The minimum absolute atomic E-state index is 0.0993. The Balaban J connectivity index is 1.41. The summed E-state index contributed by atoms with van der Waals surface area (Å²) < 4.78 is 18.9. The maximum atomic E-state index is 13.4. The molecular weight excluding hydrogens is 624 g/mol. The summed E-state index contributed by atoms with van der Waals surface area (Å²) in [5.41, 5.74) is -0.614. The van der Waals surface area contributed by atoms with E-state index in [0.717, 1.165) is 35.7 Å². The fourth-order valence-electron chi connectivity index (χ4n) is 8.06. The Morgan fingerprint density at radius 3 is 2.51 bits per heavy atom. The molecule has 0 aromatic rings. The molecule has 0 aromatic heterocycles. The van der Waals surface area contributed by atoms with E-state index in [0.29, 0.717) is 19.1 Å². The van der Waals surface area contributed by atoms with Gasteiger partial charge in [-0.3, -0.25) is 4.79 Å². The van der Waals surface area contributed by atoms with Crippen molar-refractivity contribution in [3.05, 3.63) is 36.0 Å². The summed E-state index contributed by atoms with van der Waals surface area (Å²) in [5.74, 6) is -0.428. The maximum Gasteiger partial charge on any atom is 0.410 e. The fourth-order valence-corrected chi connectivity index (χ4v) is 8.06. The third-order valence-corrected chi connectivity index (χ3v) is 11.8. The Bertz CT molecular complexity index is 1190. The van der Waals surface area contributed by atoms with Crippen LogP contribution in [0.3, 0.4) is 0 Å². The highest BCUT2D eigenvalue weighted by Gasteiger charge is 2.45. The van der Waals surface area contributed by atoms with E-state index in [4.69, 9.17) is 14.2 Å². The zero-order valence-corrected chi connectivity index (χ0v) is 31.1. The number of amides is 1. The number of rotatable bonds is 10. The average Bonchev–Trinajstić information content (AvgIpc) is 3.68. The van der Waals surface area contributed by atoms with Crippen LogP contribution in [0.1, 0.15) is 99.3 Å². The third kappa shape index (κ3) is 10.9. The van der Waals surface area contributed by atoms with Crippen LogP contribution >= 0.6 is 0 Å². The van der Waals surface area contributed by atoms with Gasteiger partial charge in [0.1, 0.15) is 11.7 Å². The Morgan fingerprint density at radius 2 is 1.86 bits per heavy atom. The Morgan fingerprint density at radius 1 is 1.18 bits per heavy atom. The van der Waals surface area contributed by atoms with Gasteiger partial charge in [-0.15, -0.1) is 0 Å². The molecule has 4 rings (SSSR count). The molecule has 278 valence electrons. The number of aliphatic hydroxyl groups excluding tert-OH is 2. The number of carbonyl (C=O) groups is 2. The van der Waals surface area contributed by atoms with Gasteiger partial charge >= 0.3 is 12.1 Å². The zero-order valence-electron chi connectivity index (χ0n) is 31.1. The molecule has 3 fully saturated rings. The van der Waals surface area contributed by atoms with Gasteiger partial charge in [-0.05, 0) is 57.1 Å². The number of aliphatic hydroxyl groups is 3. The second kappa shape index (κ2) is 17.3. The lowest BCUT2D eigenvalue weighted by Gasteiger charge is -2.43. The SMILES string of the molecule is CC[C@H](O)[C@@H](C)[C@H]1O[C@@H]1C[C@H](C)C=CC=C(C)[C@H]1OC(=O)C[C@H](O)CC[C@@](C)(O)[C@@H](OC(=O)N2CCC([N+]3(C)CCCC3)CC2)C=C[C@@H]1C. The second-order valence-corrected chi connectivity index (χ2v) is 16.0. The number of piperidine rings is 1. The lowest BCUT2D eigenvalue weighted by atomic mass is 9.88. The summed E-state index contributed by atoms with van der Waals surface area (Å²) in [6.45, 7) is 15.3. The van der Waals surface area contributed by atoms with Gasteiger partial charge in [0.15, 0.2) is 6.10 Å². The first kappa shape index (κ1) is 39.5. The molecule has 0 unspecified atom stereocenters. The summed E-state index contributed by atoms with van der Waals surface area (Å²) in [6, 6.07) is 0.557. The molecule has 4 heterocycles. The Kier molecular flexibility index (Phi) is 14.0. The predicted octanol–water partition coefficient (Wildman–Crippen LogP) is 5.30. The summed E-state index contributed by atoms with van der Waals surface area (Å²) in [4.78, 5) is 28.1. The predicted molar refractivity (Wildman–Crippen MR) is 189 cm³/mol. The van der Waals surface area contributed by atoms with Crippen LogP contribution in [-0.2, 0) is 19.0 Å². The molecule has 49 heavy (non-hydrogen) atoms. The van der Waals surface area contributed by atoms with Crippen LogP contribution in [0, 0.1) is 17.8 Å². The molecular formula is C39H65N2O8+. The molecule has 0 spiro atoms. The van der Waals surface area contributed by atoms with Gasteiger partial charge in [-0.25, -0.2) is 4.79 Å². The van der Waals surface area contributed by atoms with Gasteiger partial charge in [0.05, 0.1) is 57.0 Å². The molecule has 10 heteroatoms. The van der Waals surface area contributed by atoms with Crippen molar-refractivity contribution < 1.29 is 43.6 Å². The van der Waals surface area contributed by atoms with Crippen LogP contribution in [0.15, 0.2) is 36.0 Å². The number of hydrogen-bond acceptors (Lipinski definition) is 8. The van der Waals surface area contributed by atoms with Gasteiger partial charge in [-0.2, -0.15) is 0 Å². The zero-order chi connectivity index (χ0) is 35.9. The largest absolute Gasteiger partial charge is 0.457 e. The topological polar surface area (TPSA) is 129 Å². The number of esters is 1. The first-order chi connectivity index (χ1) is 23.1. The molecule has 0 aromatic carbocycles. The van der Waals surface area contributed by atoms with E-state index in [1.165, 1.54) is 25.9 Å². The number of quaternary nitrogens is 1. The van der Waals surface area contributed by atoms with Crippen molar-refractivity contribution in [3.63, 3.8) is 0 Å². The van der Waals surface area contributed by atoms with E-state index in [1.807, 2.05) is 45.9 Å². The molecule has 1 amide bonds. The van der Waals surface area contributed by atoms with E-state index in [2.05, 4.69) is 20.0 Å². The summed E-state index contributed by atoms with van der Waals surface area (Å²) in [5, 5.41) is 32.4. The van der Waals surface area contributed by atoms with Gasteiger partial charge < -0.3 is 38.9 Å². The van der Waals surface area contributed by atoms with Crippen LogP contribution in [0.4, 0.5) is 4.79 Å². The molecule has 10 nitrogen and oxygen atoms in total. The molecule has 3 N–H and O–H groups in total. The number of epoxide rings is 1. The van der Waals surface area contributed by atoms with Crippen LogP contribution < -0.4 is 0 Å². The van der Waals surface area contributed by atoms with Gasteiger partial charge in [0.25, 0.3) is 0 Å². The lowest BCUT2D eigenvalue weighted by molar-refractivity contribution is -0.923. The van der Waals surface area contributed by atoms with Crippen molar-refractivity contribution in [2.75, 3.05) is 33.2 Å². The molecule has 4 aliphatic heterocycles. The van der Waals surface area contributed by atoms with E-state index >= 15 is 0 Å². The lowest BCUT2D eigenvalue weighted by Crippen LogP contribution is -2.55. The van der Waals surface area contributed by atoms with Gasteiger partial charge in [0, 0.05) is 50.6 Å². The molecule has 3 saturated heterocycles. The molecule has 10 atom stereocenters. The molecule has 0 saturated carbocycles. The summed E-state index contributed by atoms with van der Waals surface area (Å²) >= 11 is 0. The average molecular weight is 690 g/mol. The highest BCUT2D eigenvalue weighted by Crippen LogP contribution is 2.36. The third-order valence-electron chi connectivity index (χ3n) is 11.8. The number of allylic oxidation sites excluding steroid dienone is 3. The Labute approximate surface area is 294 Å². The van der Waals surface area contributed by atoms with Crippen molar-refractivity contribution in [1.82, 2.24) is 4.90 Å². The van der Waals surface area contributed by atoms with Gasteiger partial charge in [-0.1, -0.05) is 52.0 Å². The smallest absolute Gasteiger partial charge is 0.410 e. The van der Waals surface area contributed by atoms with Crippen molar-refractivity contribution in [2.45, 2.75) is 148 Å². The maximum absolute atomic E-state index is 13.4. The number of likely N-dealkylation sites (tertiary alicyclic amines) is 2. The van der Waals surface area contributed by atoms with Crippen molar-refractivity contribution in [1.29, 1.82) is 0 Å². The van der Waals surface area contributed by atoms with Crippen LogP contribution in [0.2, 0.25) is 0 Å². The van der Waals surface area contributed by atoms with E-state index < -0.39 is 36.0 Å². The normalized spacial score (nSPS) is 35.3. The summed E-state index contributed by atoms with van der Waals surface area (Å²) in [6.07, 6.45) is 12.6. The standard InChI is InChI=1S/C39H65N2O8/c1-8-32(43)29(5)37-33(47-37)24-26(2)12-11-13-27(3)36-28(4)14-15-34(39(6,46)19-16-31(42)25-35(44)49-36)48-38(45)40-20-17-30(18-21-40)41(7)22-9-10-23-41/h11-15,26,28-34,36-37,42-43,46H,8-10,16-25H2,1-7H3/q+1/t26-,28+,29-,31-,32+,33-,34+,36-,37-,39-/m1/s1. The fraction of sp³-hybridized carbons (Fsp3) is 0.795. The molecule has 0 bridgehead atoms.